The molecule has 1 aromatic carbocycles. The zero-order valence-corrected chi connectivity index (χ0v) is 7.63. The van der Waals surface area contributed by atoms with Gasteiger partial charge in [-0.3, -0.25) is 0 Å². The Bertz CT molecular complexity index is 291. The molecule has 2 rings (SSSR count). The van der Waals surface area contributed by atoms with Crippen molar-refractivity contribution in [3.8, 4) is 0 Å². The van der Waals surface area contributed by atoms with Crippen molar-refractivity contribution in [1.29, 1.82) is 0 Å². The van der Waals surface area contributed by atoms with E-state index in [1.165, 1.54) is 14.5 Å². The summed E-state index contributed by atoms with van der Waals surface area (Å²) in [6.45, 7) is 2.17. The van der Waals surface area contributed by atoms with Crippen molar-refractivity contribution in [2.24, 2.45) is 0 Å². The molecule has 2 heteroatoms. The molecule has 0 saturated heterocycles. The zero-order chi connectivity index (χ0) is 6.97. The molecule has 10 heavy (non-hydrogen) atoms. The topological polar surface area (TPSA) is 12.0 Å². The standard InChI is InChI=1S/C8H8AsN/c1-6-9-7-4-2-3-5-8(7)10-6/h2-5,10H,1H3. The van der Waals surface area contributed by atoms with E-state index in [0.717, 1.165) is 0 Å². The average Bonchev–Trinajstić information content (AvgIpc) is 2.27. The van der Waals surface area contributed by atoms with Crippen molar-refractivity contribution in [2.75, 3.05) is 5.32 Å². The number of benzene rings is 1. The second-order valence-corrected chi connectivity index (χ2v) is 5.23. The van der Waals surface area contributed by atoms with Gasteiger partial charge in [0.2, 0.25) is 0 Å². The predicted molar refractivity (Wildman–Crippen MR) is 46.1 cm³/mol. The van der Waals surface area contributed by atoms with Gasteiger partial charge in [0, 0.05) is 0 Å². The molecule has 0 amide bonds. The Morgan fingerprint density at radius 3 is 2.90 bits per heavy atom. The molecule has 1 aliphatic rings. The van der Waals surface area contributed by atoms with Gasteiger partial charge in [0.1, 0.15) is 0 Å². The second kappa shape index (κ2) is 2.25. The van der Waals surface area contributed by atoms with Crippen LogP contribution in [0.1, 0.15) is 6.92 Å². The third-order valence-electron chi connectivity index (χ3n) is 1.51. The van der Waals surface area contributed by atoms with Gasteiger partial charge in [-0.1, -0.05) is 0 Å². The molecule has 0 fully saturated rings. The molecule has 1 aromatic rings. The van der Waals surface area contributed by atoms with Gasteiger partial charge in [-0.05, 0) is 0 Å². The predicted octanol–water partition coefficient (Wildman–Crippen LogP) is 0.591. The van der Waals surface area contributed by atoms with Crippen LogP contribution in [-0.4, -0.2) is 19.7 Å². The van der Waals surface area contributed by atoms with E-state index < -0.39 is 0 Å². The van der Waals surface area contributed by atoms with E-state index in [-0.39, 0.29) is 0 Å². The van der Waals surface area contributed by atoms with Crippen LogP contribution in [0, 0.1) is 0 Å². The SMILES string of the molecule is CC1=[As]c2ccccc2N1. The Morgan fingerprint density at radius 1 is 1.30 bits per heavy atom. The molecule has 0 atom stereocenters. The molecule has 50 valence electrons. The summed E-state index contributed by atoms with van der Waals surface area (Å²) in [7, 11) is 0. The van der Waals surface area contributed by atoms with E-state index in [0.29, 0.717) is 15.3 Å². The Morgan fingerprint density at radius 2 is 2.10 bits per heavy atom. The molecule has 0 spiro atoms. The summed E-state index contributed by atoms with van der Waals surface area (Å²) < 4.78 is 2.95. The summed E-state index contributed by atoms with van der Waals surface area (Å²) in [5, 5.41) is 3.36. The van der Waals surface area contributed by atoms with E-state index in [9.17, 15) is 0 Å². The van der Waals surface area contributed by atoms with Gasteiger partial charge in [-0.15, -0.1) is 0 Å². The fourth-order valence-electron chi connectivity index (χ4n) is 1.08. The minimum atomic E-state index is 0.302. The molecule has 0 aliphatic carbocycles. The number of rotatable bonds is 0. The number of hydrogen-bond donors (Lipinski definition) is 1. The first kappa shape index (κ1) is 6.18. The van der Waals surface area contributed by atoms with Crippen molar-refractivity contribution < 1.29 is 0 Å². The van der Waals surface area contributed by atoms with E-state index in [1.807, 2.05) is 0 Å². The van der Waals surface area contributed by atoms with E-state index >= 15 is 0 Å². The Labute approximate surface area is 66.7 Å². The van der Waals surface area contributed by atoms with Crippen molar-refractivity contribution in [1.82, 2.24) is 0 Å². The Kier molecular flexibility index (Phi) is 1.39. The third kappa shape index (κ3) is 0.910. The first-order valence-electron chi connectivity index (χ1n) is 3.27. The summed E-state index contributed by atoms with van der Waals surface area (Å²) >= 11 is 0.302. The molecular weight excluding hydrogens is 185 g/mol. The zero-order valence-electron chi connectivity index (χ0n) is 5.76. The molecule has 0 saturated carbocycles. The van der Waals surface area contributed by atoms with Crippen LogP contribution in [0.15, 0.2) is 24.3 Å². The Balaban J connectivity index is 2.54. The first-order chi connectivity index (χ1) is 4.86. The summed E-state index contributed by atoms with van der Waals surface area (Å²) in [6.07, 6.45) is 0. The van der Waals surface area contributed by atoms with Gasteiger partial charge in [-0.25, -0.2) is 0 Å². The molecule has 1 heterocycles. The molecule has 0 aromatic heterocycles. The molecule has 0 radical (unpaired) electrons. The van der Waals surface area contributed by atoms with Crippen LogP contribution in [0.3, 0.4) is 0 Å². The summed E-state index contributed by atoms with van der Waals surface area (Å²) in [6, 6.07) is 8.53. The van der Waals surface area contributed by atoms with Crippen LogP contribution < -0.4 is 9.67 Å². The van der Waals surface area contributed by atoms with E-state index in [4.69, 9.17) is 0 Å². The fraction of sp³-hybridized carbons (Fsp3) is 0.125. The van der Waals surface area contributed by atoms with Gasteiger partial charge in [0.05, 0.1) is 0 Å². The maximum atomic E-state index is 3.36. The van der Waals surface area contributed by atoms with E-state index in [1.54, 1.807) is 0 Å². The van der Waals surface area contributed by atoms with Crippen LogP contribution in [0.4, 0.5) is 5.69 Å². The maximum absolute atomic E-state index is 3.36. The van der Waals surface area contributed by atoms with Crippen molar-refractivity contribution >= 4 is 29.8 Å². The van der Waals surface area contributed by atoms with E-state index in [2.05, 4.69) is 36.5 Å². The first-order valence-corrected chi connectivity index (χ1v) is 5.15. The molecule has 0 bridgehead atoms. The summed E-state index contributed by atoms with van der Waals surface area (Å²) in [4.78, 5) is 0. The normalized spacial score (nSPS) is 15.5. The number of hydrogen-bond acceptors (Lipinski definition) is 1. The quantitative estimate of drug-likeness (QED) is 0.594. The molecular formula is C8H8AsN. The fourth-order valence-corrected chi connectivity index (χ4v) is 3.07. The van der Waals surface area contributed by atoms with Crippen LogP contribution >= 0.6 is 0 Å². The van der Waals surface area contributed by atoms with Crippen molar-refractivity contribution in [3.05, 3.63) is 24.3 Å². The number of para-hydroxylation sites is 1. The molecule has 1 N–H and O–H groups in total. The number of nitrogens with one attached hydrogen (secondary N) is 1. The monoisotopic (exact) mass is 193 g/mol. The van der Waals surface area contributed by atoms with Gasteiger partial charge in [0.15, 0.2) is 0 Å². The van der Waals surface area contributed by atoms with Crippen molar-refractivity contribution in [3.63, 3.8) is 0 Å². The number of anilines is 1. The van der Waals surface area contributed by atoms with Gasteiger partial charge < -0.3 is 0 Å². The third-order valence-corrected chi connectivity index (χ3v) is 3.77. The average molecular weight is 193 g/mol. The second-order valence-electron chi connectivity index (χ2n) is 2.34. The van der Waals surface area contributed by atoms with Gasteiger partial charge in [0.25, 0.3) is 0 Å². The summed E-state index contributed by atoms with van der Waals surface area (Å²) in [5.41, 5.74) is 1.32. The number of fused-ring (bicyclic) bond motifs is 1. The van der Waals surface area contributed by atoms with Gasteiger partial charge >= 0.3 is 66.3 Å². The molecule has 0 unspecified atom stereocenters. The van der Waals surface area contributed by atoms with Crippen LogP contribution in [0.5, 0.6) is 0 Å². The molecule has 1 nitrogen and oxygen atoms in total. The van der Waals surface area contributed by atoms with Gasteiger partial charge in [-0.2, -0.15) is 0 Å². The van der Waals surface area contributed by atoms with Crippen LogP contribution in [0.25, 0.3) is 0 Å². The van der Waals surface area contributed by atoms with Crippen molar-refractivity contribution in [2.45, 2.75) is 6.92 Å². The molecule has 1 aliphatic heterocycles. The minimum absolute atomic E-state index is 0.302. The van der Waals surface area contributed by atoms with Crippen LogP contribution in [0.2, 0.25) is 0 Å². The van der Waals surface area contributed by atoms with Crippen LogP contribution in [-0.2, 0) is 0 Å². The summed E-state index contributed by atoms with van der Waals surface area (Å²) in [5.74, 6) is 0. The Hall–Kier alpha value is -0.552.